The first-order valence-electron chi connectivity index (χ1n) is 6.14. The minimum absolute atomic E-state index is 0.121. The summed E-state index contributed by atoms with van der Waals surface area (Å²) in [5.41, 5.74) is 0.615. The molecule has 5 heteroatoms. The smallest absolute Gasteiger partial charge is 0.150 e. The van der Waals surface area contributed by atoms with Gasteiger partial charge in [0.05, 0.1) is 11.5 Å². The van der Waals surface area contributed by atoms with E-state index in [9.17, 15) is 12.8 Å². The summed E-state index contributed by atoms with van der Waals surface area (Å²) in [6.07, 6.45) is 1.35. The van der Waals surface area contributed by atoms with Gasteiger partial charge in [0.15, 0.2) is 9.84 Å². The van der Waals surface area contributed by atoms with Crippen LogP contribution < -0.4 is 5.32 Å². The highest BCUT2D eigenvalue weighted by Gasteiger charge is 2.30. The Labute approximate surface area is 107 Å². The number of benzene rings is 1. The number of nitrogens with one attached hydrogen (secondary N) is 1. The van der Waals surface area contributed by atoms with Gasteiger partial charge in [0, 0.05) is 11.6 Å². The second kappa shape index (κ2) is 5.36. The molecule has 2 atom stereocenters. The summed E-state index contributed by atoms with van der Waals surface area (Å²) in [6, 6.07) is 6.52. The molecule has 0 amide bonds. The molecule has 1 saturated heterocycles. The van der Waals surface area contributed by atoms with E-state index in [1.54, 1.807) is 25.2 Å². The molecule has 2 rings (SSSR count). The Balaban J connectivity index is 2.09. The molecule has 100 valence electrons. The van der Waals surface area contributed by atoms with Crippen LogP contribution in [0.4, 0.5) is 4.39 Å². The Kier molecular flexibility index (Phi) is 4.02. The third-order valence-electron chi connectivity index (χ3n) is 3.52. The minimum atomic E-state index is -2.86. The number of halogens is 1. The van der Waals surface area contributed by atoms with E-state index in [4.69, 9.17) is 0 Å². The van der Waals surface area contributed by atoms with Crippen LogP contribution in [0.2, 0.25) is 0 Å². The minimum Gasteiger partial charge on any atom is -0.313 e. The Morgan fingerprint density at radius 3 is 2.72 bits per heavy atom. The van der Waals surface area contributed by atoms with Gasteiger partial charge in [-0.2, -0.15) is 0 Å². The Bertz CT molecular complexity index is 515. The van der Waals surface area contributed by atoms with Crippen LogP contribution in [0.3, 0.4) is 0 Å². The fourth-order valence-corrected chi connectivity index (χ4v) is 4.43. The lowest BCUT2D eigenvalue weighted by molar-refractivity contribution is 0.424. The van der Waals surface area contributed by atoms with Crippen LogP contribution in [0, 0.1) is 11.7 Å². The van der Waals surface area contributed by atoms with Crippen molar-refractivity contribution in [2.75, 3.05) is 18.6 Å². The van der Waals surface area contributed by atoms with Crippen LogP contribution in [0.25, 0.3) is 0 Å². The number of hydrogen-bond donors (Lipinski definition) is 1. The van der Waals surface area contributed by atoms with E-state index in [0.29, 0.717) is 18.4 Å². The van der Waals surface area contributed by atoms with Gasteiger partial charge in [-0.15, -0.1) is 0 Å². The van der Waals surface area contributed by atoms with Crippen LogP contribution in [-0.4, -0.2) is 27.0 Å². The van der Waals surface area contributed by atoms with Gasteiger partial charge in [-0.3, -0.25) is 0 Å². The van der Waals surface area contributed by atoms with E-state index in [1.165, 1.54) is 6.07 Å². The van der Waals surface area contributed by atoms with E-state index in [0.717, 1.165) is 0 Å². The number of hydrogen-bond acceptors (Lipinski definition) is 3. The molecule has 18 heavy (non-hydrogen) atoms. The van der Waals surface area contributed by atoms with E-state index in [2.05, 4.69) is 5.32 Å². The van der Waals surface area contributed by atoms with Gasteiger partial charge in [0.25, 0.3) is 0 Å². The summed E-state index contributed by atoms with van der Waals surface area (Å²) < 4.78 is 36.5. The second-order valence-corrected chi connectivity index (χ2v) is 7.10. The molecule has 2 unspecified atom stereocenters. The van der Waals surface area contributed by atoms with E-state index in [-0.39, 0.29) is 29.3 Å². The third kappa shape index (κ3) is 3.09. The maximum atomic E-state index is 13.7. The molecule has 1 aromatic carbocycles. The Morgan fingerprint density at radius 1 is 1.44 bits per heavy atom. The number of rotatable bonds is 4. The average Bonchev–Trinajstić information content (AvgIpc) is 2.67. The lowest BCUT2D eigenvalue weighted by Crippen LogP contribution is -2.21. The van der Waals surface area contributed by atoms with Gasteiger partial charge >= 0.3 is 0 Å². The van der Waals surface area contributed by atoms with Crippen molar-refractivity contribution < 1.29 is 12.8 Å². The molecule has 1 heterocycles. The molecular weight excluding hydrogens is 253 g/mol. The zero-order valence-corrected chi connectivity index (χ0v) is 11.2. The summed E-state index contributed by atoms with van der Waals surface area (Å²) in [6.45, 7) is 0. The molecule has 1 aliphatic heterocycles. The third-order valence-corrected chi connectivity index (χ3v) is 5.36. The monoisotopic (exact) mass is 271 g/mol. The highest BCUT2D eigenvalue weighted by Crippen LogP contribution is 2.29. The molecule has 0 saturated carbocycles. The average molecular weight is 271 g/mol. The summed E-state index contributed by atoms with van der Waals surface area (Å²) >= 11 is 0. The summed E-state index contributed by atoms with van der Waals surface area (Å²) in [7, 11) is -1.08. The van der Waals surface area contributed by atoms with Gasteiger partial charge in [-0.05, 0) is 31.9 Å². The fraction of sp³-hybridized carbons (Fsp3) is 0.538. The first-order chi connectivity index (χ1) is 8.52. The van der Waals surface area contributed by atoms with Gasteiger partial charge in [0.2, 0.25) is 0 Å². The Morgan fingerprint density at radius 2 is 2.17 bits per heavy atom. The zero-order chi connectivity index (χ0) is 13.2. The lowest BCUT2D eigenvalue weighted by Gasteiger charge is -2.20. The topological polar surface area (TPSA) is 46.2 Å². The van der Waals surface area contributed by atoms with Gasteiger partial charge in [-0.1, -0.05) is 18.2 Å². The van der Waals surface area contributed by atoms with E-state index >= 15 is 0 Å². The van der Waals surface area contributed by atoms with Crippen molar-refractivity contribution in [3.63, 3.8) is 0 Å². The highest BCUT2D eigenvalue weighted by atomic mass is 32.2. The summed E-state index contributed by atoms with van der Waals surface area (Å²) in [5, 5.41) is 3.08. The predicted molar refractivity (Wildman–Crippen MR) is 69.6 cm³/mol. The van der Waals surface area contributed by atoms with Crippen LogP contribution in [-0.2, 0) is 9.84 Å². The van der Waals surface area contributed by atoms with Gasteiger partial charge in [-0.25, -0.2) is 12.8 Å². The molecule has 0 aromatic heterocycles. The lowest BCUT2D eigenvalue weighted by atomic mass is 9.94. The second-order valence-electron chi connectivity index (χ2n) is 4.87. The predicted octanol–water partition coefficient (Wildman–Crippen LogP) is 1.91. The molecule has 3 nitrogen and oxygen atoms in total. The molecule has 0 bridgehead atoms. The fourth-order valence-electron chi connectivity index (χ4n) is 2.55. The molecule has 1 N–H and O–H groups in total. The zero-order valence-electron chi connectivity index (χ0n) is 10.4. The summed E-state index contributed by atoms with van der Waals surface area (Å²) in [5.74, 6) is 0.398. The first-order valence-corrected chi connectivity index (χ1v) is 7.96. The molecule has 1 aliphatic rings. The SMILES string of the molecule is CNC(CC1CCS(=O)(=O)C1)c1ccccc1F. The van der Waals surface area contributed by atoms with Crippen molar-refractivity contribution in [1.29, 1.82) is 0 Å². The van der Waals surface area contributed by atoms with Crippen molar-refractivity contribution >= 4 is 9.84 Å². The van der Waals surface area contributed by atoms with Crippen molar-refractivity contribution in [1.82, 2.24) is 5.32 Å². The van der Waals surface area contributed by atoms with Gasteiger partial charge in [0.1, 0.15) is 5.82 Å². The molecule has 0 radical (unpaired) electrons. The first kappa shape index (κ1) is 13.5. The van der Waals surface area contributed by atoms with Crippen molar-refractivity contribution in [3.05, 3.63) is 35.6 Å². The standard InChI is InChI=1S/C13H18FNO2S/c1-15-13(11-4-2-3-5-12(11)14)8-10-6-7-18(16,17)9-10/h2-5,10,13,15H,6-9H2,1H3. The molecule has 0 spiro atoms. The van der Waals surface area contributed by atoms with E-state index in [1.807, 2.05) is 0 Å². The van der Waals surface area contributed by atoms with Crippen molar-refractivity contribution in [2.24, 2.45) is 5.92 Å². The van der Waals surface area contributed by atoms with Crippen LogP contribution in [0.5, 0.6) is 0 Å². The van der Waals surface area contributed by atoms with Crippen molar-refractivity contribution in [3.8, 4) is 0 Å². The maximum Gasteiger partial charge on any atom is 0.150 e. The van der Waals surface area contributed by atoms with E-state index < -0.39 is 9.84 Å². The molecule has 1 aromatic rings. The van der Waals surface area contributed by atoms with Crippen LogP contribution in [0.15, 0.2) is 24.3 Å². The maximum absolute atomic E-state index is 13.7. The van der Waals surface area contributed by atoms with Crippen molar-refractivity contribution in [2.45, 2.75) is 18.9 Å². The summed E-state index contributed by atoms with van der Waals surface area (Å²) in [4.78, 5) is 0. The quantitative estimate of drug-likeness (QED) is 0.910. The molecule has 1 fully saturated rings. The van der Waals surface area contributed by atoms with Gasteiger partial charge < -0.3 is 5.32 Å². The normalized spacial score (nSPS) is 24.0. The molecule has 0 aliphatic carbocycles. The van der Waals surface area contributed by atoms with Crippen LogP contribution in [0.1, 0.15) is 24.4 Å². The van der Waals surface area contributed by atoms with Crippen LogP contribution >= 0.6 is 0 Å². The molecular formula is C13H18FNO2S. The highest BCUT2D eigenvalue weighted by molar-refractivity contribution is 7.91. The largest absolute Gasteiger partial charge is 0.313 e. The Hall–Kier alpha value is -0.940. The number of sulfone groups is 1.